The van der Waals surface area contributed by atoms with Gasteiger partial charge in [-0.2, -0.15) is 0 Å². The Kier molecular flexibility index (Phi) is 4.98. The minimum Gasteiger partial charge on any atom is -0.369 e. The maximum atomic E-state index is 11.1. The van der Waals surface area contributed by atoms with Gasteiger partial charge < -0.3 is 11.1 Å². The molecule has 0 saturated heterocycles. The molecule has 1 aromatic rings. The molecule has 0 radical (unpaired) electrons. The zero-order valence-corrected chi connectivity index (χ0v) is 12.2. The standard InChI is InChI=1S/C12H16BrClN2O/c1-12(2,11(15)17)7-16-6-8-3-4-9(13)10(14)5-8/h3-5,16H,6-7H2,1-2H3,(H2,15,17). The Labute approximate surface area is 115 Å². The zero-order chi connectivity index (χ0) is 13.1. The van der Waals surface area contributed by atoms with Gasteiger partial charge >= 0.3 is 0 Å². The van der Waals surface area contributed by atoms with Gasteiger partial charge in [-0.25, -0.2) is 0 Å². The molecule has 3 nitrogen and oxygen atoms in total. The van der Waals surface area contributed by atoms with Gasteiger partial charge in [-0.3, -0.25) is 4.79 Å². The van der Waals surface area contributed by atoms with Crippen molar-refractivity contribution in [2.24, 2.45) is 11.1 Å². The third kappa shape index (κ3) is 4.30. The van der Waals surface area contributed by atoms with Crippen molar-refractivity contribution in [2.75, 3.05) is 6.54 Å². The smallest absolute Gasteiger partial charge is 0.224 e. The lowest BCUT2D eigenvalue weighted by atomic mass is 9.93. The van der Waals surface area contributed by atoms with Crippen LogP contribution in [0.15, 0.2) is 22.7 Å². The van der Waals surface area contributed by atoms with E-state index in [-0.39, 0.29) is 5.91 Å². The number of hydrogen-bond donors (Lipinski definition) is 2. The van der Waals surface area contributed by atoms with E-state index in [1.165, 1.54) is 0 Å². The molecule has 0 unspecified atom stereocenters. The lowest BCUT2D eigenvalue weighted by Crippen LogP contribution is -2.40. The molecule has 0 fully saturated rings. The first kappa shape index (κ1) is 14.5. The molecular weight excluding hydrogens is 304 g/mol. The summed E-state index contributed by atoms with van der Waals surface area (Å²) in [5.41, 5.74) is 5.81. The highest BCUT2D eigenvalue weighted by Crippen LogP contribution is 2.23. The van der Waals surface area contributed by atoms with E-state index in [4.69, 9.17) is 17.3 Å². The molecule has 0 saturated carbocycles. The Balaban J connectivity index is 2.51. The van der Waals surface area contributed by atoms with Gasteiger partial charge in [0.1, 0.15) is 0 Å². The third-order valence-electron chi connectivity index (χ3n) is 2.55. The number of carbonyl (C=O) groups excluding carboxylic acids is 1. The quantitative estimate of drug-likeness (QED) is 0.877. The second kappa shape index (κ2) is 5.85. The summed E-state index contributed by atoms with van der Waals surface area (Å²) in [4.78, 5) is 11.1. The number of carbonyl (C=O) groups is 1. The topological polar surface area (TPSA) is 55.1 Å². The van der Waals surface area contributed by atoms with Gasteiger partial charge in [0.25, 0.3) is 0 Å². The van der Waals surface area contributed by atoms with E-state index in [2.05, 4.69) is 21.2 Å². The van der Waals surface area contributed by atoms with E-state index < -0.39 is 5.41 Å². The van der Waals surface area contributed by atoms with Gasteiger partial charge in [0, 0.05) is 17.6 Å². The van der Waals surface area contributed by atoms with Crippen LogP contribution in [-0.4, -0.2) is 12.5 Å². The van der Waals surface area contributed by atoms with Gasteiger partial charge in [-0.15, -0.1) is 0 Å². The third-order valence-corrected chi connectivity index (χ3v) is 3.78. The summed E-state index contributed by atoms with van der Waals surface area (Å²) < 4.78 is 0.875. The maximum Gasteiger partial charge on any atom is 0.224 e. The SMILES string of the molecule is CC(C)(CNCc1ccc(Br)c(Cl)c1)C(N)=O. The van der Waals surface area contributed by atoms with Crippen LogP contribution in [-0.2, 0) is 11.3 Å². The van der Waals surface area contributed by atoms with Crippen molar-refractivity contribution in [3.63, 3.8) is 0 Å². The lowest BCUT2D eigenvalue weighted by Gasteiger charge is -2.20. The highest BCUT2D eigenvalue weighted by atomic mass is 79.9. The molecule has 0 aliphatic rings. The summed E-state index contributed by atoms with van der Waals surface area (Å²) >= 11 is 9.32. The molecule has 1 rings (SSSR count). The van der Waals surface area contributed by atoms with E-state index in [0.29, 0.717) is 18.1 Å². The molecular formula is C12H16BrClN2O. The van der Waals surface area contributed by atoms with Gasteiger partial charge in [-0.1, -0.05) is 17.7 Å². The fraction of sp³-hybridized carbons (Fsp3) is 0.417. The molecule has 5 heteroatoms. The van der Waals surface area contributed by atoms with Gasteiger partial charge in [0.15, 0.2) is 0 Å². The molecule has 0 heterocycles. The second-order valence-corrected chi connectivity index (χ2v) is 5.86. The van der Waals surface area contributed by atoms with Crippen molar-refractivity contribution in [2.45, 2.75) is 20.4 Å². The molecule has 17 heavy (non-hydrogen) atoms. The minimum atomic E-state index is -0.543. The van der Waals surface area contributed by atoms with E-state index in [1.54, 1.807) is 0 Å². The molecule has 0 aromatic heterocycles. The molecule has 3 N–H and O–H groups in total. The number of nitrogens with one attached hydrogen (secondary N) is 1. The number of primary amides is 1. The highest BCUT2D eigenvalue weighted by Gasteiger charge is 2.23. The number of rotatable bonds is 5. The van der Waals surface area contributed by atoms with Gasteiger partial charge in [0.2, 0.25) is 5.91 Å². The average Bonchev–Trinajstić information content (AvgIpc) is 2.23. The summed E-state index contributed by atoms with van der Waals surface area (Å²) in [5.74, 6) is -0.307. The summed E-state index contributed by atoms with van der Waals surface area (Å²) in [7, 11) is 0. The van der Waals surface area contributed by atoms with Crippen molar-refractivity contribution in [1.82, 2.24) is 5.32 Å². The number of hydrogen-bond acceptors (Lipinski definition) is 2. The van der Waals surface area contributed by atoms with Gasteiger partial charge in [0.05, 0.1) is 10.4 Å². The van der Waals surface area contributed by atoms with Crippen molar-refractivity contribution < 1.29 is 4.79 Å². The summed E-state index contributed by atoms with van der Waals surface area (Å²) in [5, 5.41) is 3.87. The zero-order valence-electron chi connectivity index (χ0n) is 9.89. The van der Waals surface area contributed by atoms with Crippen LogP contribution in [0.5, 0.6) is 0 Å². The highest BCUT2D eigenvalue weighted by molar-refractivity contribution is 9.10. The van der Waals surface area contributed by atoms with Crippen molar-refractivity contribution in [1.29, 1.82) is 0 Å². The predicted molar refractivity (Wildman–Crippen MR) is 73.8 cm³/mol. The fourth-order valence-corrected chi connectivity index (χ4v) is 1.71. The molecule has 0 bridgehead atoms. The first-order chi connectivity index (χ1) is 7.83. The van der Waals surface area contributed by atoms with E-state index in [0.717, 1.165) is 10.0 Å². The van der Waals surface area contributed by atoms with Crippen LogP contribution in [0, 0.1) is 5.41 Å². The number of amides is 1. The van der Waals surface area contributed by atoms with Gasteiger partial charge in [-0.05, 0) is 47.5 Å². The monoisotopic (exact) mass is 318 g/mol. The molecule has 0 atom stereocenters. The van der Waals surface area contributed by atoms with Crippen LogP contribution >= 0.6 is 27.5 Å². The summed E-state index contributed by atoms with van der Waals surface area (Å²) in [6.07, 6.45) is 0. The Hall–Kier alpha value is -0.580. The molecule has 0 aliphatic carbocycles. The second-order valence-electron chi connectivity index (χ2n) is 4.60. The predicted octanol–water partition coefficient (Wildman–Crippen LogP) is 2.70. The molecule has 94 valence electrons. The summed E-state index contributed by atoms with van der Waals surface area (Å²) in [6.45, 7) is 4.83. The first-order valence-electron chi connectivity index (χ1n) is 5.27. The average molecular weight is 320 g/mol. The molecule has 0 aliphatic heterocycles. The van der Waals surface area contributed by atoms with Crippen LogP contribution in [0.4, 0.5) is 0 Å². The first-order valence-corrected chi connectivity index (χ1v) is 6.44. The lowest BCUT2D eigenvalue weighted by molar-refractivity contribution is -0.125. The largest absolute Gasteiger partial charge is 0.369 e. The van der Waals surface area contributed by atoms with Crippen LogP contribution in [0.3, 0.4) is 0 Å². The van der Waals surface area contributed by atoms with Crippen molar-refractivity contribution in [3.05, 3.63) is 33.3 Å². The molecule has 0 spiro atoms. The van der Waals surface area contributed by atoms with Crippen molar-refractivity contribution >= 4 is 33.4 Å². The Morgan fingerprint density at radius 1 is 1.53 bits per heavy atom. The van der Waals surface area contributed by atoms with E-state index in [1.807, 2.05) is 32.0 Å². The fourth-order valence-electron chi connectivity index (χ4n) is 1.26. The molecule has 1 aromatic carbocycles. The Morgan fingerprint density at radius 3 is 2.71 bits per heavy atom. The van der Waals surface area contributed by atoms with E-state index >= 15 is 0 Å². The maximum absolute atomic E-state index is 11.1. The molecule has 1 amide bonds. The van der Waals surface area contributed by atoms with Crippen LogP contribution in [0.25, 0.3) is 0 Å². The number of halogens is 2. The van der Waals surface area contributed by atoms with Crippen LogP contribution < -0.4 is 11.1 Å². The van der Waals surface area contributed by atoms with Crippen LogP contribution in [0.2, 0.25) is 5.02 Å². The Bertz CT molecular complexity index is 421. The van der Waals surface area contributed by atoms with Crippen LogP contribution in [0.1, 0.15) is 19.4 Å². The normalized spacial score (nSPS) is 11.5. The van der Waals surface area contributed by atoms with Crippen molar-refractivity contribution in [3.8, 4) is 0 Å². The van der Waals surface area contributed by atoms with E-state index in [9.17, 15) is 4.79 Å². The number of benzene rings is 1. The number of nitrogens with two attached hydrogens (primary N) is 1. The minimum absolute atomic E-state index is 0.307. The Morgan fingerprint density at radius 2 is 2.18 bits per heavy atom. The summed E-state index contributed by atoms with van der Waals surface area (Å²) in [6, 6.07) is 5.76.